The molecule has 0 unspecified atom stereocenters. The van der Waals surface area contributed by atoms with Gasteiger partial charge in [0.05, 0.1) is 21.6 Å². The number of pyridine rings is 1. The maximum atomic E-state index is 9.94. The van der Waals surface area contributed by atoms with Crippen LogP contribution in [0.1, 0.15) is 62.1 Å². The summed E-state index contributed by atoms with van der Waals surface area (Å²) >= 11 is 1.97. The lowest BCUT2D eigenvalue weighted by molar-refractivity contribution is 0.708. The largest absolute Gasteiger partial charge is 0.286 e. The third-order valence-electron chi connectivity index (χ3n) is 5.36. The molecule has 1 aromatic carbocycles. The number of benzene rings is 1. The van der Waals surface area contributed by atoms with Crippen molar-refractivity contribution in [3.05, 3.63) is 41.0 Å². The van der Waals surface area contributed by atoms with Crippen molar-refractivity contribution < 1.29 is 0 Å². The SMILES string of the molecule is CCCCCSc1c2c(c(C#N)c3nc4ccccc4n13)CCCCC2. The maximum absolute atomic E-state index is 9.94. The number of hydrogen-bond acceptors (Lipinski definition) is 3. The van der Waals surface area contributed by atoms with Gasteiger partial charge in [0.15, 0.2) is 5.65 Å². The molecular formula is C22H25N3S. The quantitative estimate of drug-likeness (QED) is 0.321. The summed E-state index contributed by atoms with van der Waals surface area (Å²) in [6.45, 7) is 2.25. The lowest BCUT2D eigenvalue weighted by Crippen LogP contribution is -2.06. The van der Waals surface area contributed by atoms with Gasteiger partial charge in [0.2, 0.25) is 0 Å². The van der Waals surface area contributed by atoms with Gasteiger partial charge in [-0.05, 0) is 61.1 Å². The molecule has 0 aliphatic heterocycles. The average molecular weight is 364 g/mol. The lowest BCUT2D eigenvalue weighted by atomic mass is 10.00. The summed E-state index contributed by atoms with van der Waals surface area (Å²) in [5, 5.41) is 11.3. The highest BCUT2D eigenvalue weighted by Gasteiger charge is 2.23. The van der Waals surface area contributed by atoms with Crippen LogP contribution in [0.4, 0.5) is 0 Å². The lowest BCUT2D eigenvalue weighted by Gasteiger charge is -2.17. The summed E-state index contributed by atoms with van der Waals surface area (Å²) in [6, 6.07) is 10.8. The van der Waals surface area contributed by atoms with E-state index in [2.05, 4.69) is 35.6 Å². The second kappa shape index (κ2) is 7.72. The number of fused-ring (bicyclic) bond motifs is 4. The summed E-state index contributed by atoms with van der Waals surface area (Å²) in [4.78, 5) is 4.86. The van der Waals surface area contributed by atoms with Gasteiger partial charge >= 0.3 is 0 Å². The number of imidazole rings is 1. The third-order valence-corrected chi connectivity index (χ3v) is 6.56. The van der Waals surface area contributed by atoms with Gasteiger partial charge in [-0.15, -0.1) is 11.8 Å². The molecule has 3 nitrogen and oxygen atoms in total. The highest BCUT2D eigenvalue weighted by atomic mass is 32.2. The van der Waals surface area contributed by atoms with Crippen molar-refractivity contribution in [3.8, 4) is 6.07 Å². The molecule has 0 spiro atoms. The van der Waals surface area contributed by atoms with Crippen molar-refractivity contribution in [1.82, 2.24) is 9.38 Å². The molecule has 0 radical (unpaired) electrons. The molecule has 4 heteroatoms. The first-order valence-electron chi connectivity index (χ1n) is 9.83. The second-order valence-corrected chi connectivity index (χ2v) is 8.21. The van der Waals surface area contributed by atoms with Crippen LogP contribution < -0.4 is 0 Å². The highest BCUT2D eigenvalue weighted by molar-refractivity contribution is 7.99. The van der Waals surface area contributed by atoms with Crippen molar-refractivity contribution in [3.63, 3.8) is 0 Å². The molecule has 26 heavy (non-hydrogen) atoms. The van der Waals surface area contributed by atoms with Crippen molar-refractivity contribution >= 4 is 28.4 Å². The van der Waals surface area contributed by atoms with E-state index in [4.69, 9.17) is 4.98 Å². The van der Waals surface area contributed by atoms with E-state index in [0.29, 0.717) is 0 Å². The van der Waals surface area contributed by atoms with E-state index in [1.807, 2.05) is 17.8 Å². The minimum Gasteiger partial charge on any atom is -0.286 e. The minimum atomic E-state index is 0.802. The molecule has 0 amide bonds. The third kappa shape index (κ3) is 2.99. The summed E-state index contributed by atoms with van der Waals surface area (Å²) in [5.74, 6) is 1.13. The monoisotopic (exact) mass is 363 g/mol. The Hall–Kier alpha value is -1.99. The Bertz CT molecular complexity index is 981. The van der Waals surface area contributed by atoms with Crippen LogP contribution in [0.15, 0.2) is 29.3 Å². The zero-order valence-corrected chi connectivity index (χ0v) is 16.2. The van der Waals surface area contributed by atoms with Gasteiger partial charge in [-0.3, -0.25) is 4.40 Å². The highest BCUT2D eigenvalue weighted by Crippen LogP contribution is 2.37. The first-order chi connectivity index (χ1) is 12.8. The maximum Gasteiger partial charge on any atom is 0.157 e. The van der Waals surface area contributed by atoms with Crippen LogP contribution in [0.25, 0.3) is 16.7 Å². The molecule has 0 bridgehead atoms. The Morgan fingerprint density at radius 3 is 2.73 bits per heavy atom. The van der Waals surface area contributed by atoms with Crippen molar-refractivity contribution in [2.75, 3.05) is 5.75 Å². The first kappa shape index (κ1) is 17.4. The van der Waals surface area contributed by atoms with Crippen LogP contribution in [-0.2, 0) is 12.8 Å². The van der Waals surface area contributed by atoms with Crippen molar-refractivity contribution in [2.45, 2.75) is 63.3 Å². The number of rotatable bonds is 5. The van der Waals surface area contributed by atoms with E-state index in [1.54, 1.807) is 0 Å². The van der Waals surface area contributed by atoms with Gasteiger partial charge in [0.25, 0.3) is 0 Å². The average Bonchev–Trinajstić information content (AvgIpc) is 2.87. The van der Waals surface area contributed by atoms with Gasteiger partial charge in [-0.25, -0.2) is 4.98 Å². The summed E-state index contributed by atoms with van der Waals surface area (Å²) in [5.41, 5.74) is 6.45. The molecule has 1 aliphatic rings. The first-order valence-corrected chi connectivity index (χ1v) is 10.8. The smallest absolute Gasteiger partial charge is 0.157 e. The van der Waals surface area contributed by atoms with Crippen molar-refractivity contribution in [2.24, 2.45) is 0 Å². The van der Waals surface area contributed by atoms with E-state index in [1.165, 1.54) is 54.7 Å². The van der Waals surface area contributed by atoms with E-state index in [0.717, 1.165) is 40.8 Å². The fourth-order valence-electron chi connectivity index (χ4n) is 4.05. The summed E-state index contributed by atoms with van der Waals surface area (Å²) in [6.07, 6.45) is 9.51. The van der Waals surface area contributed by atoms with Crippen LogP contribution in [0.2, 0.25) is 0 Å². The number of thioether (sulfide) groups is 1. The summed E-state index contributed by atoms with van der Waals surface area (Å²) < 4.78 is 2.27. The number of para-hydroxylation sites is 2. The Morgan fingerprint density at radius 2 is 1.92 bits per heavy atom. The standard InChI is InChI=1S/C22H25N3S/c1-2-3-9-14-26-22-17-11-6-4-5-10-16(17)18(15-23)21-24-19-12-7-8-13-20(19)25(21)22/h7-8,12-13H,2-6,9-11,14H2,1H3. The predicted molar refractivity (Wildman–Crippen MR) is 109 cm³/mol. The minimum absolute atomic E-state index is 0.802. The second-order valence-electron chi connectivity index (χ2n) is 7.12. The molecule has 1 aliphatic carbocycles. The molecule has 3 aromatic rings. The van der Waals surface area contributed by atoms with Crippen molar-refractivity contribution in [1.29, 1.82) is 5.26 Å². The molecule has 2 heterocycles. The summed E-state index contributed by atoms with van der Waals surface area (Å²) in [7, 11) is 0. The molecule has 0 saturated carbocycles. The zero-order chi connectivity index (χ0) is 17.9. The Balaban J connectivity index is 1.98. The number of nitrogens with zero attached hydrogens (tertiary/aromatic N) is 3. The molecule has 4 rings (SSSR count). The van der Waals surface area contributed by atoms with Gasteiger partial charge in [0.1, 0.15) is 6.07 Å². The molecular weight excluding hydrogens is 338 g/mol. The fraction of sp³-hybridized carbons (Fsp3) is 0.455. The number of aromatic nitrogens is 2. The molecule has 0 fully saturated rings. The number of hydrogen-bond donors (Lipinski definition) is 0. The molecule has 2 aromatic heterocycles. The number of unbranched alkanes of at least 4 members (excludes halogenated alkanes) is 2. The van der Waals surface area contributed by atoms with Crippen LogP contribution in [-0.4, -0.2) is 15.1 Å². The van der Waals surface area contributed by atoms with E-state index in [-0.39, 0.29) is 0 Å². The van der Waals surface area contributed by atoms with Crippen LogP contribution in [0.5, 0.6) is 0 Å². The Labute approximate surface area is 159 Å². The van der Waals surface area contributed by atoms with Gasteiger partial charge in [-0.1, -0.05) is 38.3 Å². The topological polar surface area (TPSA) is 41.1 Å². The zero-order valence-electron chi connectivity index (χ0n) is 15.4. The van der Waals surface area contributed by atoms with Gasteiger partial charge < -0.3 is 0 Å². The molecule has 0 N–H and O–H groups in total. The van der Waals surface area contributed by atoms with E-state index < -0.39 is 0 Å². The number of nitriles is 1. The van der Waals surface area contributed by atoms with Crippen LogP contribution >= 0.6 is 11.8 Å². The molecule has 134 valence electrons. The van der Waals surface area contributed by atoms with Crippen LogP contribution in [0.3, 0.4) is 0 Å². The van der Waals surface area contributed by atoms with Gasteiger partial charge in [0, 0.05) is 0 Å². The predicted octanol–water partition coefficient (Wildman–Crippen LogP) is 5.91. The van der Waals surface area contributed by atoms with Gasteiger partial charge in [-0.2, -0.15) is 5.26 Å². The molecule has 0 atom stereocenters. The molecule has 0 saturated heterocycles. The van der Waals surface area contributed by atoms with E-state index in [9.17, 15) is 5.26 Å². The van der Waals surface area contributed by atoms with E-state index >= 15 is 0 Å². The van der Waals surface area contributed by atoms with Crippen LogP contribution in [0, 0.1) is 11.3 Å². The normalized spacial score (nSPS) is 14.3. The Kier molecular flexibility index (Phi) is 5.17. The fourth-order valence-corrected chi connectivity index (χ4v) is 5.31. The Morgan fingerprint density at radius 1 is 1.12 bits per heavy atom.